The molecule has 1 nitrogen and oxygen atoms in total. The molecule has 1 saturated carbocycles. The van der Waals surface area contributed by atoms with Gasteiger partial charge in [0.15, 0.2) is 0 Å². The van der Waals surface area contributed by atoms with Crippen LogP contribution in [0.3, 0.4) is 0 Å². The summed E-state index contributed by atoms with van der Waals surface area (Å²) in [5.41, 5.74) is 0. The van der Waals surface area contributed by atoms with Crippen molar-refractivity contribution in [1.82, 2.24) is 5.32 Å². The Kier molecular flexibility index (Phi) is 3.20. The summed E-state index contributed by atoms with van der Waals surface area (Å²) < 4.78 is 0. The second kappa shape index (κ2) is 3.97. The zero-order valence-corrected chi connectivity index (χ0v) is 7.19. The van der Waals surface area contributed by atoms with Crippen LogP contribution in [0.15, 0.2) is 0 Å². The Labute approximate surface area is 64.2 Å². The molecule has 0 aromatic carbocycles. The standard InChI is InChI=1S/C9H19N/c1-3-9(10-2)8-6-4-5-7-8/h8-10H,3-7H2,1-2H3/t9-/m0/s1. The third-order valence-corrected chi connectivity index (χ3v) is 2.78. The third-order valence-electron chi connectivity index (χ3n) is 2.78. The average Bonchev–Trinajstić information content (AvgIpc) is 2.43. The molecule has 10 heavy (non-hydrogen) atoms. The lowest BCUT2D eigenvalue weighted by atomic mass is 9.96. The fourth-order valence-electron chi connectivity index (χ4n) is 2.13. The predicted octanol–water partition coefficient (Wildman–Crippen LogP) is 2.17. The molecule has 0 aromatic heterocycles. The number of hydrogen-bond donors (Lipinski definition) is 1. The van der Waals surface area contributed by atoms with Crippen molar-refractivity contribution in [2.75, 3.05) is 7.05 Å². The minimum absolute atomic E-state index is 0.794. The first-order valence-corrected chi connectivity index (χ1v) is 4.55. The highest BCUT2D eigenvalue weighted by Gasteiger charge is 2.21. The quantitative estimate of drug-likeness (QED) is 0.635. The molecule has 0 bridgehead atoms. The summed E-state index contributed by atoms with van der Waals surface area (Å²) in [5.74, 6) is 0.981. The van der Waals surface area contributed by atoms with E-state index in [1.165, 1.54) is 32.1 Å². The van der Waals surface area contributed by atoms with E-state index in [0.717, 1.165) is 12.0 Å². The molecule has 1 atom stereocenters. The topological polar surface area (TPSA) is 12.0 Å². The lowest BCUT2D eigenvalue weighted by Gasteiger charge is -2.20. The van der Waals surface area contributed by atoms with Crippen LogP contribution in [0.2, 0.25) is 0 Å². The second-order valence-corrected chi connectivity index (χ2v) is 3.35. The van der Waals surface area contributed by atoms with Crippen molar-refractivity contribution < 1.29 is 0 Å². The summed E-state index contributed by atoms with van der Waals surface area (Å²) in [5, 5.41) is 3.39. The highest BCUT2D eigenvalue weighted by Crippen LogP contribution is 2.28. The lowest BCUT2D eigenvalue weighted by Crippen LogP contribution is -2.31. The number of rotatable bonds is 3. The zero-order chi connectivity index (χ0) is 7.40. The first kappa shape index (κ1) is 8.06. The van der Waals surface area contributed by atoms with Gasteiger partial charge in [0.2, 0.25) is 0 Å². The fourth-order valence-corrected chi connectivity index (χ4v) is 2.13. The van der Waals surface area contributed by atoms with E-state index in [1.54, 1.807) is 0 Å². The zero-order valence-electron chi connectivity index (χ0n) is 7.19. The van der Waals surface area contributed by atoms with Gasteiger partial charge in [-0.3, -0.25) is 0 Å². The molecule has 0 amide bonds. The summed E-state index contributed by atoms with van der Waals surface area (Å²) in [4.78, 5) is 0. The van der Waals surface area contributed by atoms with Crippen LogP contribution in [0.25, 0.3) is 0 Å². The summed E-state index contributed by atoms with van der Waals surface area (Å²) in [7, 11) is 2.09. The van der Waals surface area contributed by atoms with E-state index in [1.807, 2.05) is 0 Å². The van der Waals surface area contributed by atoms with E-state index >= 15 is 0 Å². The van der Waals surface area contributed by atoms with Gasteiger partial charge in [0.1, 0.15) is 0 Å². The largest absolute Gasteiger partial charge is 0.317 e. The molecule has 60 valence electrons. The maximum atomic E-state index is 3.39. The van der Waals surface area contributed by atoms with Crippen LogP contribution in [0.5, 0.6) is 0 Å². The molecular weight excluding hydrogens is 122 g/mol. The maximum absolute atomic E-state index is 3.39. The lowest BCUT2D eigenvalue weighted by molar-refractivity contribution is 0.370. The Balaban J connectivity index is 2.29. The van der Waals surface area contributed by atoms with Gasteiger partial charge in [0.25, 0.3) is 0 Å². The smallest absolute Gasteiger partial charge is 0.00897 e. The minimum atomic E-state index is 0.794. The Bertz CT molecular complexity index is 80.7. The molecule has 0 aromatic rings. The van der Waals surface area contributed by atoms with Gasteiger partial charge in [-0.2, -0.15) is 0 Å². The fraction of sp³-hybridized carbons (Fsp3) is 1.00. The van der Waals surface area contributed by atoms with E-state index in [-0.39, 0.29) is 0 Å². The minimum Gasteiger partial charge on any atom is -0.317 e. The first-order valence-electron chi connectivity index (χ1n) is 4.55. The Morgan fingerprint density at radius 1 is 1.40 bits per heavy atom. The summed E-state index contributed by atoms with van der Waals surface area (Å²) in [6, 6.07) is 0.794. The van der Waals surface area contributed by atoms with Crippen molar-refractivity contribution in [2.45, 2.75) is 45.1 Å². The van der Waals surface area contributed by atoms with Crippen molar-refractivity contribution in [2.24, 2.45) is 5.92 Å². The number of nitrogens with one attached hydrogen (secondary N) is 1. The molecule has 1 fully saturated rings. The van der Waals surface area contributed by atoms with E-state index in [9.17, 15) is 0 Å². The Morgan fingerprint density at radius 2 is 2.00 bits per heavy atom. The Morgan fingerprint density at radius 3 is 2.40 bits per heavy atom. The highest BCUT2D eigenvalue weighted by atomic mass is 14.9. The molecule has 1 aliphatic rings. The van der Waals surface area contributed by atoms with Crippen molar-refractivity contribution >= 4 is 0 Å². The van der Waals surface area contributed by atoms with Crippen molar-refractivity contribution in [3.63, 3.8) is 0 Å². The SMILES string of the molecule is CC[C@H](NC)C1CCCC1. The molecule has 0 saturated heterocycles. The molecule has 1 heteroatoms. The van der Waals surface area contributed by atoms with Gasteiger partial charge >= 0.3 is 0 Å². The van der Waals surface area contributed by atoms with Gasteiger partial charge in [-0.05, 0) is 32.2 Å². The third kappa shape index (κ3) is 1.72. The summed E-state index contributed by atoms with van der Waals surface area (Å²) >= 11 is 0. The molecule has 0 radical (unpaired) electrons. The van der Waals surface area contributed by atoms with Crippen LogP contribution in [-0.4, -0.2) is 13.1 Å². The van der Waals surface area contributed by atoms with Crippen molar-refractivity contribution in [3.8, 4) is 0 Å². The van der Waals surface area contributed by atoms with E-state index in [2.05, 4.69) is 19.3 Å². The highest BCUT2D eigenvalue weighted by molar-refractivity contribution is 4.78. The normalized spacial score (nSPS) is 23.4. The predicted molar refractivity (Wildman–Crippen MR) is 45.1 cm³/mol. The molecule has 1 N–H and O–H groups in total. The number of hydrogen-bond acceptors (Lipinski definition) is 1. The van der Waals surface area contributed by atoms with E-state index in [4.69, 9.17) is 0 Å². The van der Waals surface area contributed by atoms with Crippen LogP contribution in [0.1, 0.15) is 39.0 Å². The van der Waals surface area contributed by atoms with Crippen LogP contribution in [0, 0.1) is 5.92 Å². The van der Waals surface area contributed by atoms with Crippen LogP contribution in [-0.2, 0) is 0 Å². The van der Waals surface area contributed by atoms with E-state index < -0.39 is 0 Å². The van der Waals surface area contributed by atoms with Crippen LogP contribution in [0.4, 0.5) is 0 Å². The summed E-state index contributed by atoms with van der Waals surface area (Å²) in [6.45, 7) is 2.28. The molecule has 0 spiro atoms. The van der Waals surface area contributed by atoms with Gasteiger partial charge in [-0.1, -0.05) is 19.8 Å². The Hall–Kier alpha value is -0.0400. The molecule has 1 rings (SSSR count). The van der Waals surface area contributed by atoms with E-state index in [0.29, 0.717) is 0 Å². The van der Waals surface area contributed by atoms with Gasteiger partial charge in [-0.15, -0.1) is 0 Å². The van der Waals surface area contributed by atoms with Gasteiger partial charge in [0, 0.05) is 6.04 Å². The molecular formula is C9H19N. The van der Waals surface area contributed by atoms with Crippen LogP contribution < -0.4 is 5.32 Å². The van der Waals surface area contributed by atoms with Gasteiger partial charge in [-0.25, -0.2) is 0 Å². The average molecular weight is 141 g/mol. The van der Waals surface area contributed by atoms with Crippen molar-refractivity contribution in [3.05, 3.63) is 0 Å². The molecule has 0 aliphatic heterocycles. The second-order valence-electron chi connectivity index (χ2n) is 3.35. The van der Waals surface area contributed by atoms with Gasteiger partial charge in [0.05, 0.1) is 0 Å². The maximum Gasteiger partial charge on any atom is 0.00897 e. The van der Waals surface area contributed by atoms with Gasteiger partial charge < -0.3 is 5.32 Å². The monoisotopic (exact) mass is 141 g/mol. The first-order chi connectivity index (χ1) is 4.88. The summed E-state index contributed by atoms with van der Waals surface area (Å²) in [6.07, 6.45) is 7.13. The van der Waals surface area contributed by atoms with Crippen LogP contribution >= 0.6 is 0 Å². The molecule has 0 unspecified atom stereocenters. The molecule has 1 aliphatic carbocycles. The van der Waals surface area contributed by atoms with Crippen molar-refractivity contribution in [1.29, 1.82) is 0 Å². The molecule has 0 heterocycles.